The normalized spacial score (nSPS) is 18.2. The highest BCUT2D eigenvalue weighted by atomic mass is 16.5. The number of ether oxygens (including phenoxy) is 1. The number of para-hydroxylation sites is 1. The molecule has 2 N–H and O–H groups in total. The Kier molecular flexibility index (Phi) is 3.43. The molecule has 0 spiro atoms. The molecule has 0 bridgehead atoms. The summed E-state index contributed by atoms with van der Waals surface area (Å²) < 4.78 is 4.65. The molecule has 1 atom stereocenters. The van der Waals surface area contributed by atoms with E-state index in [0.717, 1.165) is 0 Å². The minimum absolute atomic E-state index is 0.0864. The molecular weight excluding hydrogens is 244 g/mol. The number of carbonyl (C=O) groups is 2. The van der Waals surface area contributed by atoms with Crippen LogP contribution in [0.5, 0.6) is 0 Å². The number of terminal acetylenes is 1. The van der Waals surface area contributed by atoms with E-state index in [1.807, 2.05) is 0 Å². The van der Waals surface area contributed by atoms with Gasteiger partial charge < -0.3 is 15.4 Å². The molecule has 1 fully saturated rings. The molecular formula is C14H14N2O3. The molecule has 5 nitrogen and oxygen atoms in total. The molecule has 0 radical (unpaired) electrons. The van der Waals surface area contributed by atoms with E-state index in [1.165, 1.54) is 12.0 Å². The van der Waals surface area contributed by atoms with E-state index in [0.29, 0.717) is 18.7 Å². The fourth-order valence-electron chi connectivity index (χ4n) is 2.13. The van der Waals surface area contributed by atoms with Crippen molar-refractivity contribution in [1.82, 2.24) is 0 Å². The summed E-state index contributed by atoms with van der Waals surface area (Å²) in [6, 6.07) is 4.91. The Labute approximate surface area is 111 Å². The second kappa shape index (κ2) is 5.02. The van der Waals surface area contributed by atoms with Crippen LogP contribution >= 0.6 is 0 Å². The van der Waals surface area contributed by atoms with Crippen molar-refractivity contribution in [3.8, 4) is 12.3 Å². The van der Waals surface area contributed by atoms with Gasteiger partial charge in [-0.25, -0.2) is 4.79 Å². The van der Waals surface area contributed by atoms with Crippen LogP contribution in [-0.2, 0) is 9.53 Å². The smallest absolute Gasteiger partial charge is 0.340 e. The lowest BCUT2D eigenvalue weighted by Gasteiger charge is -2.19. The molecule has 1 aromatic carbocycles. The van der Waals surface area contributed by atoms with Crippen LogP contribution in [0.3, 0.4) is 0 Å². The number of anilines is 2. The zero-order valence-corrected chi connectivity index (χ0v) is 10.6. The molecule has 0 aromatic heterocycles. The standard InChI is InChI=1S/C14H14N2O3/c1-3-9-7-12(17)16(8-9)11-6-4-5-10(13(11)15)14(18)19-2/h1,4-6,9H,7-8,15H2,2H3. The van der Waals surface area contributed by atoms with Crippen LogP contribution in [0.4, 0.5) is 11.4 Å². The summed E-state index contributed by atoms with van der Waals surface area (Å²) in [5, 5.41) is 0. The predicted molar refractivity (Wildman–Crippen MR) is 71.5 cm³/mol. The lowest BCUT2D eigenvalue weighted by atomic mass is 10.1. The quantitative estimate of drug-likeness (QED) is 0.489. The minimum atomic E-state index is -0.528. The van der Waals surface area contributed by atoms with Gasteiger partial charge in [0, 0.05) is 18.9 Å². The fraction of sp³-hybridized carbons (Fsp3) is 0.286. The zero-order valence-electron chi connectivity index (χ0n) is 10.6. The number of hydrogen-bond acceptors (Lipinski definition) is 4. The average Bonchev–Trinajstić information content (AvgIpc) is 2.79. The van der Waals surface area contributed by atoms with Gasteiger partial charge in [-0.3, -0.25) is 4.79 Å². The number of benzene rings is 1. The molecule has 98 valence electrons. The van der Waals surface area contributed by atoms with Gasteiger partial charge in [-0.05, 0) is 12.1 Å². The molecule has 0 saturated carbocycles. The predicted octanol–water partition coefficient (Wildman–Crippen LogP) is 1.04. The number of nitrogens with two attached hydrogens (primary N) is 1. The van der Waals surface area contributed by atoms with E-state index in [-0.39, 0.29) is 23.1 Å². The summed E-state index contributed by atoms with van der Waals surface area (Å²) in [6.07, 6.45) is 5.64. The van der Waals surface area contributed by atoms with E-state index in [1.54, 1.807) is 18.2 Å². The molecule has 19 heavy (non-hydrogen) atoms. The number of hydrogen-bond donors (Lipinski definition) is 1. The third-order valence-corrected chi connectivity index (χ3v) is 3.14. The van der Waals surface area contributed by atoms with Gasteiger partial charge in [0.15, 0.2) is 0 Å². The Hall–Kier alpha value is -2.48. The van der Waals surface area contributed by atoms with Crippen molar-refractivity contribution in [3.63, 3.8) is 0 Å². The number of carbonyl (C=O) groups excluding carboxylic acids is 2. The van der Waals surface area contributed by atoms with Gasteiger partial charge in [-0.1, -0.05) is 6.07 Å². The average molecular weight is 258 g/mol. The van der Waals surface area contributed by atoms with Crippen molar-refractivity contribution < 1.29 is 14.3 Å². The molecule has 2 rings (SSSR count). The van der Waals surface area contributed by atoms with Crippen LogP contribution in [-0.4, -0.2) is 25.5 Å². The van der Waals surface area contributed by atoms with Gasteiger partial charge in [0.05, 0.1) is 24.0 Å². The number of rotatable bonds is 2. The Morgan fingerprint density at radius 3 is 2.89 bits per heavy atom. The van der Waals surface area contributed by atoms with E-state index in [4.69, 9.17) is 12.2 Å². The van der Waals surface area contributed by atoms with Gasteiger partial charge in [0.2, 0.25) is 5.91 Å². The first-order chi connectivity index (χ1) is 9.08. The maximum absolute atomic E-state index is 11.9. The molecule has 1 aromatic rings. The molecule has 1 aliphatic heterocycles. The summed E-state index contributed by atoms with van der Waals surface area (Å²) in [6.45, 7) is 0.421. The third kappa shape index (κ3) is 2.25. The first-order valence-corrected chi connectivity index (χ1v) is 5.81. The number of nitrogen functional groups attached to an aromatic ring is 1. The van der Waals surface area contributed by atoms with Crippen LogP contribution < -0.4 is 10.6 Å². The molecule has 0 aliphatic carbocycles. The third-order valence-electron chi connectivity index (χ3n) is 3.14. The highest BCUT2D eigenvalue weighted by Crippen LogP contribution is 2.31. The fourth-order valence-corrected chi connectivity index (χ4v) is 2.13. The van der Waals surface area contributed by atoms with E-state index >= 15 is 0 Å². The molecule has 1 heterocycles. The van der Waals surface area contributed by atoms with Crippen molar-refractivity contribution in [1.29, 1.82) is 0 Å². The van der Waals surface area contributed by atoms with Gasteiger partial charge in [-0.2, -0.15) is 0 Å². The topological polar surface area (TPSA) is 72.6 Å². The Morgan fingerprint density at radius 1 is 1.58 bits per heavy atom. The largest absolute Gasteiger partial charge is 0.465 e. The number of methoxy groups -OCH3 is 1. The number of esters is 1. The van der Waals surface area contributed by atoms with Gasteiger partial charge >= 0.3 is 5.97 Å². The summed E-state index contributed by atoms with van der Waals surface area (Å²) in [7, 11) is 1.28. The molecule has 1 amide bonds. The summed E-state index contributed by atoms with van der Waals surface area (Å²) in [5.41, 5.74) is 6.93. The summed E-state index contributed by atoms with van der Waals surface area (Å²) >= 11 is 0. The number of nitrogens with zero attached hydrogens (tertiary/aromatic N) is 1. The second-order valence-corrected chi connectivity index (χ2v) is 4.30. The second-order valence-electron chi connectivity index (χ2n) is 4.30. The summed E-state index contributed by atoms with van der Waals surface area (Å²) in [5.74, 6) is 1.84. The Morgan fingerprint density at radius 2 is 2.32 bits per heavy atom. The lowest BCUT2D eigenvalue weighted by molar-refractivity contribution is -0.117. The highest BCUT2D eigenvalue weighted by Gasteiger charge is 2.31. The van der Waals surface area contributed by atoms with E-state index in [2.05, 4.69) is 10.7 Å². The number of amides is 1. The van der Waals surface area contributed by atoms with E-state index < -0.39 is 5.97 Å². The molecule has 1 aliphatic rings. The maximum atomic E-state index is 11.9. The summed E-state index contributed by atoms with van der Waals surface area (Å²) in [4.78, 5) is 25.0. The van der Waals surface area contributed by atoms with Crippen molar-refractivity contribution >= 4 is 23.3 Å². The van der Waals surface area contributed by atoms with Crippen molar-refractivity contribution in [3.05, 3.63) is 23.8 Å². The van der Waals surface area contributed by atoms with Crippen LogP contribution in [0.1, 0.15) is 16.8 Å². The van der Waals surface area contributed by atoms with Crippen molar-refractivity contribution in [2.24, 2.45) is 5.92 Å². The maximum Gasteiger partial charge on any atom is 0.340 e. The van der Waals surface area contributed by atoms with Gasteiger partial charge in [-0.15, -0.1) is 12.3 Å². The van der Waals surface area contributed by atoms with E-state index in [9.17, 15) is 9.59 Å². The van der Waals surface area contributed by atoms with Crippen molar-refractivity contribution in [2.45, 2.75) is 6.42 Å². The molecule has 1 saturated heterocycles. The first kappa shape index (κ1) is 13.0. The van der Waals surface area contributed by atoms with Gasteiger partial charge in [0.25, 0.3) is 0 Å². The van der Waals surface area contributed by atoms with Crippen LogP contribution in [0.15, 0.2) is 18.2 Å². The zero-order chi connectivity index (χ0) is 14.0. The SMILES string of the molecule is C#CC1CC(=O)N(c2cccc(C(=O)OC)c2N)C1. The molecule has 5 heteroatoms. The van der Waals surface area contributed by atoms with Crippen LogP contribution in [0.2, 0.25) is 0 Å². The van der Waals surface area contributed by atoms with Crippen LogP contribution in [0.25, 0.3) is 0 Å². The first-order valence-electron chi connectivity index (χ1n) is 5.81. The highest BCUT2D eigenvalue weighted by molar-refractivity contribution is 6.04. The van der Waals surface area contributed by atoms with Crippen molar-refractivity contribution in [2.75, 3.05) is 24.3 Å². The monoisotopic (exact) mass is 258 g/mol. The lowest BCUT2D eigenvalue weighted by Crippen LogP contribution is -2.26. The molecule has 1 unspecified atom stereocenters. The Bertz CT molecular complexity index is 575. The minimum Gasteiger partial charge on any atom is -0.465 e. The Balaban J connectivity index is 2.39. The van der Waals surface area contributed by atoms with Crippen LogP contribution in [0, 0.1) is 18.3 Å². The van der Waals surface area contributed by atoms with Gasteiger partial charge in [0.1, 0.15) is 0 Å².